The summed E-state index contributed by atoms with van der Waals surface area (Å²) in [5, 5.41) is 0. The van der Waals surface area contributed by atoms with Crippen molar-refractivity contribution in [3.63, 3.8) is 0 Å². The van der Waals surface area contributed by atoms with Crippen LogP contribution in [0.15, 0.2) is 48.1 Å². The van der Waals surface area contributed by atoms with Gasteiger partial charge in [-0.05, 0) is 38.8 Å². The molecule has 0 N–H and O–H groups in total. The second kappa shape index (κ2) is 5.84. The first-order chi connectivity index (χ1) is 11.9. The lowest BCUT2D eigenvalue weighted by molar-refractivity contribution is -0.139. The van der Waals surface area contributed by atoms with Crippen molar-refractivity contribution in [1.82, 2.24) is 0 Å². The molecule has 3 aliphatic carbocycles. The van der Waals surface area contributed by atoms with Gasteiger partial charge in [0, 0.05) is 29.2 Å². The lowest BCUT2D eigenvalue weighted by Crippen LogP contribution is -2.37. The Balaban J connectivity index is 1.72. The molecule has 1 saturated carbocycles. The average molecular weight is 338 g/mol. The van der Waals surface area contributed by atoms with Gasteiger partial charge in [0.05, 0.1) is 18.3 Å². The third-order valence-corrected chi connectivity index (χ3v) is 5.56. The zero-order chi connectivity index (χ0) is 17.8. The third kappa shape index (κ3) is 2.56. The molecule has 2 bridgehead atoms. The Bertz CT molecular complexity index is 738. The van der Waals surface area contributed by atoms with Crippen molar-refractivity contribution in [1.29, 1.82) is 0 Å². The molecule has 0 spiro atoms. The fraction of sp³-hybridized carbons (Fsp3) is 0.500. The van der Waals surface area contributed by atoms with Crippen molar-refractivity contribution >= 4 is 11.5 Å². The van der Waals surface area contributed by atoms with E-state index in [1.807, 2.05) is 25.1 Å². The number of benzene rings is 1. The van der Waals surface area contributed by atoms with Gasteiger partial charge in [-0.1, -0.05) is 42.5 Å². The van der Waals surface area contributed by atoms with Gasteiger partial charge >= 0.3 is 5.97 Å². The molecule has 0 aromatic heterocycles. The van der Waals surface area contributed by atoms with Gasteiger partial charge in [-0.2, -0.15) is 0 Å². The van der Waals surface area contributed by atoms with Crippen LogP contribution < -0.4 is 0 Å². The molecule has 0 amide bonds. The van der Waals surface area contributed by atoms with Crippen LogP contribution in [0.3, 0.4) is 0 Å². The highest BCUT2D eigenvalue weighted by Gasteiger charge is 2.62. The van der Waals surface area contributed by atoms with Crippen LogP contribution in [0.25, 0.3) is 5.57 Å². The largest absolute Gasteiger partial charge is 0.463 e. The Morgan fingerprint density at radius 3 is 2.28 bits per heavy atom. The van der Waals surface area contributed by atoms with E-state index in [1.54, 1.807) is 0 Å². The van der Waals surface area contributed by atoms with Crippen LogP contribution in [0.5, 0.6) is 0 Å². The summed E-state index contributed by atoms with van der Waals surface area (Å²) in [6.07, 6.45) is 4.71. The normalized spacial score (nSPS) is 32.6. The van der Waals surface area contributed by atoms with Gasteiger partial charge in [0.15, 0.2) is 0 Å². The number of hydrogen-bond donors (Lipinski definition) is 0. The van der Waals surface area contributed by atoms with Crippen LogP contribution in [0, 0.1) is 23.7 Å². The number of ether oxygens (including phenoxy) is 2. The van der Waals surface area contributed by atoms with Crippen LogP contribution in [0.1, 0.15) is 33.3 Å². The monoisotopic (exact) mass is 338 g/mol. The quantitative estimate of drug-likeness (QED) is 0.608. The predicted molar refractivity (Wildman–Crippen MR) is 97.7 cm³/mol. The Morgan fingerprint density at radius 1 is 1.04 bits per heavy atom. The third-order valence-electron chi connectivity index (χ3n) is 5.56. The number of rotatable bonds is 4. The molecule has 5 atom stereocenters. The Morgan fingerprint density at radius 2 is 1.68 bits per heavy atom. The van der Waals surface area contributed by atoms with E-state index < -0.39 is 0 Å². The molecule has 3 nitrogen and oxygen atoms in total. The van der Waals surface area contributed by atoms with E-state index in [9.17, 15) is 4.79 Å². The summed E-state index contributed by atoms with van der Waals surface area (Å²) in [4.78, 5) is 12.7. The summed E-state index contributed by atoms with van der Waals surface area (Å²) < 4.78 is 11.8. The molecule has 0 unspecified atom stereocenters. The minimum Gasteiger partial charge on any atom is -0.463 e. The molecule has 0 saturated heterocycles. The standard InChI is InChI=1S/C22H26O3/c1-5-24-21(23)19-16(13-9-7-6-8-10-13)17-14-11-12-15(18(17)19)20(14)25-22(2,3)4/h6-12,14-15,17-18,20H,5H2,1-4H3/t14-,15+,17+,18+,20-/m0/s1. The molecule has 0 radical (unpaired) electrons. The number of esters is 1. The van der Waals surface area contributed by atoms with E-state index >= 15 is 0 Å². The maximum atomic E-state index is 12.7. The topological polar surface area (TPSA) is 35.5 Å². The van der Waals surface area contributed by atoms with Gasteiger partial charge in [-0.25, -0.2) is 4.79 Å². The van der Waals surface area contributed by atoms with Gasteiger partial charge in [0.1, 0.15) is 0 Å². The van der Waals surface area contributed by atoms with Crippen LogP contribution in [-0.4, -0.2) is 24.3 Å². The maximum absolute atomic E-state index is 12.7. The fourth-order valence-corrected chi connectivity index (χ4v) is 4.85. The molecule has 0 aliphatic heterocycles. The fourth-order valence-electron chi connectivity index (χ4n) is 4.85. The maximum Gasteiger partial charge on any atom is 0.334 e. The summed E-state index contributed by atoms with van der Waals surface area (Å²) in [7, 11) is 0. The van der Waals surface area contributed by atoms with Gasteiger partial charge in [-0.3, -0.25) is 0 Å². The van der Waals surface area contributed by atoms with E-state index in [1.165, 1.54) is 5.57 Å². The van der Waals surface area contributed by atoms with Crippen LogP contribution >= 0.6 is 0 Å². The molecule has 0 heterocycles. The molecular weight excluding hydrogens is 312 g/mol. The Labute approximate surface area is 149 Å². The summed E-state index contributed by atoms with van der Waals surface area (Å²) in [5.74, 6) is 1.07. The molecule has 3 aliphatic rings. The zero-order valence-corrected chi connectivity index (χ0v) is 15.4. The number of allylic oxidation sites excluding steroid dienone is 1. The van der Waals surface area contributed by atoms with Gasteiger partial charge < -0.3 is 9.47 Å². The first-order valence-electron chi connectivity index (χ1n) is 9.25. The van der Waals surface area contributed by atoms with Gasteiger partial charge in [0.25, 0.3) is 0 Å². The van der Waals surface area contributed by atoms with Crippen molar-refractivity contribution in [2.24, 2.45) is 23.7 Å². The van der Waals surface area contributed by atoms with E-state index in [2.05, 4.69) is 45.1 Å². The first-order valence-corrected chi connectivity index (χ1v) is 9.25. The van der Waals surface area contributed by atoms with Crippen molar-refractivity contribution in [3.8, 4) is 0 Å². The van der Waals surface area contributed by atoms with Crippen molar-refractivity contribution < 1.29 is 14.3 Å². The highest BCUT2D eigenvalue weighted by Crippen LogP contribution is 2.64. The Hall–Kier alpha value is -1.87. The predicted octanol–water partition coefficient (Wildman–Crippen LogP) is 4.25. The number of carbonyl (C=O) groups excluding carboxylic acids is 1. The summed E-state index contributed by atoms with van der Waals surface area (Å²) >= 11 is 0. The zero-order valence-electron chi connectivity index (χ0n) is 15.4. The van der Waals surface area contributed by atoms with Gasteiger partial charge in [-0.15, -0.1) is 0 Å². The molecule has 1 fully saturated rings. The molecule has 25 heavy (non-hydrogen) atoms. The van der Waals surface area contributed by atoms with E-state index in [4.69, 9.17) is 9.47 Å². The van der Waals surface area contributed by atoms with E-state index in [0.29, 0.717) is 18.4 Å². The second-order valence-electron chi connectivity index (χ2n) is 8.20. The average Bonchev–Trinajstić information content (AvgIpc) is 2.99. The highest BCUT2D eigenvalue weighted by atomic mass is 16.5. The van der Waals surface area contributed by atoms with Gasteiger partial charge in [0.2, 0.25) is 0 Å². The first kappa shape index (κ1) is 16.6. The summed E-state index contributed by atoms with van der Waals surface area (Å²) in [6.45, 7) is 8.58. The smallest absolute Gasteiger partial charge is 0.334 e. The minimum atomic E-state index is -0.187. The van der Waals surface area contributed by atoms with E-state index in [0.717, 1.165) is 11.1 Å². The number of carbonyl (C=O) groups is 1. The highest BCUT2D eigenvalue weighted by molar-refractivity contribution is 6.03. The summed E-state index contributed by atoms with van der Waals surface area (Å²) in [6, 6.07) is 10.3. The Kier molecular flexibility index (Phi) is 3.88. The molecule has 1 aromatic rings. The van der Waals surface area contributed by atoms with E-state index in [-0.39, 0.29) is 29.5 Å². The molecule has 4 rings (SSSR count). The van der Waals surface area contributed by atoms with Crippen LogP contribution in [0.2, 0.25) is 0 Å². The lowest BCUT2D eigenvalue weighted by Gasteiger charge is -2.41. The van der Waals surface area contributed by atoms with Crippen molar-refractivity contribution in [3.05, 3.63) is 53.6 Å². The van der Waals surface area contributed by atoms with Crippen molar-refractivity contribution in [2.75, 3.05) is 6.61 Å². The molecular formula is C22H26O3. The van der Waals surface area contributed by atoms with Crippen LogP contribution in [0.4, 0.5) is 0 Å². The molecule has 1 aromatic carbocycles. The molecule has 3 heteroatoms. The SMILES string of the molecule is CCOC(=O)C1=C(c2ccccc2)[C@H]2[C@@H]3C=C[C@@H]([C@H]3OC(C)(C)C)[C@@H]12. The molecule has 132 valence electrons. The summed E-state index contributed by atoms with van der Waals surface area (Å²) in [5.41, 5.74) is 3.00. The lowest BCUT2D eigenvalue weighted by atomic mass is 9.61. The number of hydrogen-bond acceptors (Lipinski definition) is 3. The minimum absolute atomic E-state index is 0.153. The van der Waals surface area contributed by atoms with Crippen molar-refractivity contribution in [2.45, 2.75) is 39.4 Å². The van der Waals surface area contributed by atoms with Crippen LogP contribution in [-0.2, 0) is 14.3 Å². The second-order valence-corrected chi connectivity index (χ2v) is 8.20. The number of fused-ring (bicyclic) bond motifs is 5.